The number of hydrogen-bond donors (Lipinski definition) is 2. The van der Waals surface area contributed by atoms with Crippen LogP contribution in [0.1, 0.15) is 50.1 Å². The third-order valence-corrected chi connectivity index (χ3v) is 6.27. The molecule has 0 aromatic heterocycles. The van der Waals surface area contributed by atoms with Crippen molar-refractivity contribution in [1.82, 2.24) is 0 Å². The van der Waals surface area contributed by atoms with Crippen LogP contribution in [0.15, 0.2) is 66.7 Å². The van der Waals surface area contributed by atoms with Gasteiger partial charge in [-0.3, -0.25) is 0 Å². The van der Waals surface area contributed by atoms with Crippen LogP contribution in [0.25, 0.3) is 0 Å². The second-order valence-electron chi connectivity index (χ2n) is 7.83. The molecule has 1 heterocycles. The quantitative estimate of drug-likeness (QED) is 0.556. The van der Waals surface area contributed by atoms with Gasteiger partial charge >= 0.3 is 12.1 Å². The molecule has 152 valence electrons. The smallest absolute Gasteiger partial charge is 0.416 e. The summed E-state index contributed by atoms with van der Waals surface area (Å²) in [4.78, 5) is 11.9. The van der Waals surface area contributed by atoms with Gasteiger partial charge in [0.15, 0.2) is 0 Å². The molecule has 1 aliphatic heterocycles. The Labute approximate surface area is 171 Å². The van der Waals surface area contributed by atoms with Crippen molar-refractivity contribution in [2.45, 2.75) is 24.6 Å². The van der Waals surface area contributed by atoms with Crippen LogP contribution in [-0.2, 0) is 12.6 Å². The Bertz CT molecular complexity index is 1160. The van der Waals surface area contributed by atoms with E-state index in [0.717, 1.165) is 22.8 Å². The number of aromatic carboxylic acids is 1. The van der Waals surface area contributed by atoms with E-state index in [4.69, 9.17) is 0 Å². The van der Waals surface area contributed by atoms with Crippen LogP contribution in [0, 0.1) is 5.92 Å². The van der Waals surface area contributed by atoms with Crippen LogP contribution in [0.3, 0.4) is 0 Å². The lowest BCUT2D eigenvalue weighted by Gasteiger charge is -2.39. The molecule has 3 aromatic rings. The van der Waals surface area contributed by atoms with Gasteiger partial charge in [-0.2, -0.15) is 13.2 Å². The molecule has 3 nitrogen and oxygen atoms in total. The van der Waals surface area contributed by atoms with E-state index in [-0.39, 0.29) is 23.0 Å². The maximum absolute atomic E-state index is 13.8. The van der Waals surface area contributed by atoms with Gasteiger partial charge < -0.3 is 10.4 Å². The zero-order valence-electron chi connectivity index (χ0n) is 15.8. The van der Waals surface area contributed by atoms with Gasteiger partial charge in [0.05, 0.1) is 22.9 Å². The molecule has 6 heteroatoms. The topological polar surface area (TPSA) is 49.3 Å². The van der Waals surface area contributed by atoms with E-state index < -0.39 is 23.8 Å². The molecular formula is C24H18F3NO2. The minimum atomic E-state index is -4.49. The molecule has 2 N–H and O–H groups in total. The van der Waals surface area contributed by atoms with Crippen molar-refractivity contribution in [3.8, 4) is 0 Å². The zero-order chi connectivity index (χ0) is 21.0. The van der Waals surface area contributed by atoms with Crippen molar-refractivity contribution in [1.29, 1.82) is 0 Å². The predicted octanol–water partition coefficient (Wildman–Crippen LogP) is 5.87. The number of nitrogens with one attached hydrogen (secondary N) is 1. The monoisotopic (exact) mass is 409 g/mol. The molecular weight excluding hydrogens is 391 g/mol. The second kappa shape index (κ2) is 6.62. The van der Waals surface area contributed by atoms with Gasteiger partial charge in [0.25, 0.3) is 0 Å². The summed E-state index contributed by atoms with van der Waals surface area (Å²) in [6.45, 7) is 0. The van der Waals surface area contributed by atoms with Gasteiger partial charge in [-0.1, -0.05) is 54.6 Å². The Morgan fingerprint density at radius 1 is 0.900 bits per heavy atom. The highest BCUT2D eigenvalue weighted by Gasteiger charge is 2.46. The molecule has 0 bridgehead atoms. The summed E-state index contributed by atoms with van der Waals surface area (Å²) in [5.74, 6) is -1.42. The maximum Gasteiger partial charge on any atom is 0.416 e. The van der Waals surface area contributed by atoms with Crippen molar-refractivity contribution in [3.05, 3.63) is 100 Å². The van der Waals surface area contributed by atoms with Gasteiger partial charge in [0, 0.05) is 5.92 Å². The summed E-state index contributed by atoms with van der Waals surface area (Å²) < 4.78 is 41.4. The lowest BCUT2D eigenvalue weighted by atomic mass is 9.74. The highest BCUT2D eigenvalue weighted by molar-refractivity contribution is 5.96. The third kappa shape index (κ3) is 2.78. The number of halogens is 3. The number of alkyl halides is 3. The maximum atomic E-state index is 13.8. The SMILES string of the molecule is O=C(O)c1cccc2c1N[C@@H](c1ccccc1C(F)(F)F)[C@@H]1Cc3ccccc3[C@@H]21. The minimum Gasteiger partial charge on any atom is -0.478 e. The second-order valence-corrected chi connectivity index (χ2v) is 7.83. The molecule has 0 fully saturated rings. The van der Waals surface area contributed by atoms with Crippen LogP contribution < -0.4 is 5.32 Å². The number of fused-ring (bicyclic) bond motifs is 5. The number of carboxylic acid groups (broad SMARTS) is 1. The van der Waals surface area contributed by atoms with Crippen LogP contribution in [0.4, 0.5) is 18.9 Å². The van der Waals surface area contributed by atoms with E-state index in [1.54, 1.807) is 12.1 Å². The summed E-state index contributed by atoms with van der Waals surface area (Å²) >= 11 is 0. The van der Waals surface area contributed by atoms with Gasteiger partial charge in [-0.05, 0) is 46.7 Å². The Hall–Kier alpha value is -3.28. The molecule has 5 rings (SSSR count). The largest absolute Gasteiger partial charge is 0.478 e. The molecule has 0 spiro atoms. The Morgan fingerprint density at radius 3 is 2.30 bits per heavy atom. The fourth-order valence-electron chi connectivity index (χ4n) is 5.10. The van der Waals surface area contributed by atoms with Crippen molar-refractivity contribution in [2.75, 3.05) is 5.32 Å². The van der Waals surface area contributed by atoms with Crippen molar-refractivity contribution >= 4 is 11.7 Å². The van der Waals surface area contributed by atoms with E-state index in [2.05, 4.69) is 5.32 Å². The molecule has 3 atom stereocenters. The summed E-state index contributed by atoms with van der Waals surface area (Å²) in [5.41, 5.74) is 2.92. The average molecular weight is 409 g/mol. The summed E-state index contributed by atoms with van der Waals surface area (Å²) in [7, 11) is 0. The molecule has 3 aromatic carbocycles. The number of para-hydroxylation sites is 1. The summed E-state index contributed by atoms with van der Waals surface area (Å²) in [6, 6.07) is 17.8. The Morgan fingerprint density at radius 2 is 1.57 bits per heavy atom. The first-order chi connectivity index (χ1) is 14.4. The molecule has 0 saturated heterocycles. The Kier molecular flexibility index (Phi) is 4.13. The van der Waals surface area contributed by atoms with Gasteiger partial charge in [-0.25, -0.2) is 4.79 Å². The highest BCUT2D eigenvalue weighted by atomic mass is 19.4. The standard InChI is InChI=1S/C24H18F3NO2/c25-24(26,27)19-11-4-3-8-15(19)21-18-12-13-6-1-2-7-14(13)20(18)16-9-5-10-17(23(29)30)22(16)28-21/h1-11,18,20-21,28H,12H2,(H,29,30)/t18-,20+,21+/m1/s1. The molecule has 0 radical (unpaired) electrons. The van der Waals surface area contributed by atoms with Crippen LogP contribution in [0.2, 0.25) is 0 Å². The predicted molar refractivity (Wildman–Crippen MR) is 107 cm³/mol. The first-order valence-corrected chi connectivity index (χ1v) is 9.73. The third-order valence-electron chi connectivity index (χ3n) is 6.27. The fraction of sp³-hybridized carbons (Fsp3) is 0.208. The number of rotatable bonds is 2. The van der Waals surface area contributed by atoms with Crippen molar-refractivity contribution in [2.24, 2.45) is 5.92 Å². The number of hydrogen-bond acceptors (Lipinski definition) is 2. The molecule has 2 aliphatic rings. The summed E-state index contributed by atoms with van der Waals surface area (Å²) in [6.07, 6.45) is -3.87. The first kappa shape index (κ1) is 18.7. The average Bonchev–Trinajstić information content (AvgIpc) is 3.12. The zero-order valence-corrected chi connectivity index (χ0v) is 15.8. The van der Waals surface area contributed by atoms with E-state index in [0.29, 0.717) is 12.1 Å². The highest BCUT2D eigenvalue weighted by Crippen LogP contribution is 2.55. The van der Waals surface area contributed by atoms with Gasteiger partial charge in [0.1, 0.15) is 0 Å². The number of benzene rings is 3. The lowest BCUT2D eigenvalue weighted by Crippen LogP contribution is -2.33. The molecule has 1 aliphatic carbocycles. The van der Waals surface area contributed by atoms with E-state index >= 15 is 0 Å². The fourth-order valence-corrected chi connectivity index (χ4v) is 5.10. The van der Waals surface area contributed by atoms with E-state index in [9.17, 15) is 23.1 Å². The number of anilines is 1. The Balaban J connectivity index is 1.75. The minimum absolute atomic E-state index is 0.0739. The normalized spacial score (nSPS) is 21.9. The van der Waals surface area contributed by atoms with Gasteiger partial charge in [0.2, 0.25) is 0 Å². The van der Waals surface area contributed by atoms with Crippen molar-refractivity contribution in [3.63, 3.8) is 0 Å². The lowest BCUT2D eigenvalue weighted by molar-refractivity contribution is -0.138. The van der Waals surface area contributed by atoms with Crippen LogP contribution in [0.5, 0.6) is 0 Å². The summed E-state index contributed by atoms with van der Waals surface area (Å²) in [5, 5.41) is 12.9. The van der Waals surface area contributed by atoms with Crippen LogP contribution >= 0.6 is 0 Å². The van der Waals surface area contributed by atoms with Crippen molar-refractivity contribution < 1.29 is 23.1 Å². The molecule has 0 unspecified atom stereocenters. The van der Waals surface area contributed by atoms with E-state index in [1.165, 1.54) is 18.2 Å². The number of carbonyl (C=O) groups is 1. The molecule has 0 amide bonds. The first-order valence-electron chi connectivity index (χ1n) is 9.73. The number of carboxylic acids is 1. The van der Waals surface area contributed by atoms with E-state index in [1.807, 2.05) is 30.3 Å². The molecule has 30 heavy (non-hydrogen) atoms. The molecule has 0 saturated carbocycles. The van der Waals surface area contributed by atoms with Gasteiger partial charge in [-0.15, -0.1) is 0 Å². The van der Waals surface area contributed by atoms with Crippen LogP contribution in [-0.4, -0.2) is 11.1 Å².